The molecule has 2 fully saturated rings. The average molecular weight is 703 g/mol. The first kappa shape index (κ1) is 34.4. The average Bonchev–Trinajstić information content (AvgIpc) is 3.47. The van der Waals surface area contributed by atoms with Gasteiger partial charge >= 0.3 is 13.7 Å². The van der Waals surface area contributed by atoms with Gasteiger partial charge in [-0.1, -0.05) is 11.6 Å². The molecule has 1 saturated carbocycles. The van der Waals surface area contributed by atoms with Gasteiger partial charge in [-0.15, -0.1) is 0 Å². The summed E-state index contributed by atoms with van der Waals surface area (Å²) in [6, 6.07) is 6.00. The van der Waals surface area contributed by atoms with Crippen LogP contribution in [-0.4, -0.2) is 93.5 Å². The number of aliphatic hydroxyl groups is 2. The zero-order valence-corrected chi connectivity index (χ0v) is 28.2. The highest BCUT2D eigenvalue weighted by molar-refractivity contribution is 7.92. The number of imidazole rings is 1. The van der Waals surface area contributed by atoms with Crippen molar-refractivity contribution in [2.75, 3.05) is 24.2 Å². The van der Waals surface area contributed by atoms with E-state index in [-0.39, 0.29) is 22.7 Å². The minimum atomic E-state index is -4.38. The second-order valence-corrected chi connectivity index (χ2v) is 15.9. The number of sulfonamides is 1. The quantitative estimate of drug-likeness (QED) is 0.183. The Labute approximate surface area is 270 Å². The van der Waals surface area contributed by atoms with E-state index in [1.54, 1.807) is 13.8 Å². The Balaban J connectivity index is 1.41. The molecule has 2 aliphatic rings. The fraction of sp³-hybridized carbons (Fsp3) is 0.556. The third-order valence-electron chi connectivity index (χ3n) is 7.88. The number of hydrogen-bond acceptors (Lipinski definition) is 13. The summed E-state index contributed by atoms with van der Waals surface area (Å²) in [5.41, 5.74) is -3.07. The molecule has 252 valence electrons. The normalized spacial score (nSPS) is 25.6. The van der Waals surface area contributed by atoms with Crippen LogP contribution in [0.4, 0.5) is 5.82 Å². The highest BCUT2D eigenvalue weighted by atomic mass is 35.5. The van der Waals surface area contributed by atoms with Crippen LogP contribution in [0.3, 0.4) is 0 Å². The van der Waals surface area contributed by atoms with E-state index in [4.69, 9.17) is 30.1 Å². The number of aliphatic hydroxyl groups excluding tert-OH is 1. The molecule has 3 aromatic rings. The first-order chi connectivity index (χ1) is 21.5. The van der Waals surface area contributed by atoms with Gasteiger partial charge in [-0.3, -0.25) is 18.2 Å². The number of fused-ring (bicyclic) bond motifs is 1. The summed E-state index contributed by atoms with van der Waals surface area (Å²) >= 11 is 5.99. The lowest BCUT2D eigenvalue weighted by molar-refractivity contribution is -0.158. The standard InChI is InChI=1S/C27H36ClN6O10PS/c1-16(2)42-25(36)27(11-6-12-27)32-45(38,44-18-9-7-17(28)8-10-18)41-13-19-21(35)26(3,37)24(43-19)34-15-31-20-22(29-14-30-23(20)34)33(4)46(5,39)40/h7-10,14-16,19,21,24,35,37H,6,11-13H2,1-5H3,(H,32,38)/t19?,21-,24?,26-,45?/m1/s1. The lowest BCUT2D eigenvalue weighted by Crippen LogP contribution is -2.57. The Morgan fingerprint density at radius 2 is 1.93 bits per heavy atom. The van der Waals surface area contributed by atoms with Gasteiger partial charge in [-0.2, -0.15) is 5.09 Å². The lowest BCUT2D eigenvalue weighted by atomic mass is 9.78. The summed E-state index contributed by atoms with van der Waals surface area (Å²) in [5.74, 6) is -0.479. The number of rotatable bonds is 12. The number of aromatic nitrogens is 4. The molecule has 16 nitrogen and oxygen atoms in total. The molecule has 5 atom stereocenters. The molecular formula is C27H36ClN6O10PS. The fourth-order valence-electron chi connectivity index (χ4n) is 5.14. The molecule has 1 aliphatic carbocycles. The third kappa shape index (κ3) is 6.73. The Bertz CT molecular complexity index is 1750. The molecule has 0 spiro atoms. The molecule has 3 unspecified atom stereocenters. The van der Waals surface area contributed by atoms with E-state index >= 15 is 0 Å². The highest BCUT2D eigenvalue weighted by Crippen LogP contribution is 2.51. The maximum atomic E-state index is 14.3. The predicted molar refractivity (Wildman–Crippen MR) is 166 cm³/mol. The summed E-state index contributed by atoms with van der Waals surface area (Å²) in [4.78, 5) is 25.5. The number of halogens is 1. The zero-order chi connectivity index (χ0) is 33.7. The Morgan fingerprint density at radius 3 is 2.52 bits per heavy atom. The predicted octanol–water partition coefficient (Wildman–Crippen LogP) is 2.55. The molecule has 0 radical (unpaired) electrons. The zero-order valence-electron chi connectivity index (χ0n) is 25.7. The van der Waals surface area contributed by atoms with Crippen LogP contribution in [0, 0.1) is 0 Å². The first-order valence-corrected chi connectivity index (χ1v) is 18.1. The van der Waals surface area contributed by atoms with E-state index in [1.165, 1.54) is 49.1 Å². The van der Waals surface area contributed by atoms with Crippen LogP contribution in [0.25, 0.3) is 11.2 Å². The second-order valence-electron chi connectivity index (χ2n) is 11.8. The van der Waals surface area contributed by atoms with E-state index in [9.17, 15) is 28.0 Å². The van der Waals surface area contributed by atoms with Crippen molar-refractivity contribution >= 4 is 52.3 Å². The van der Waals surface area contributed by atoms with Crippen LogP contribution >= 0.6 is 19.3 Å². The molecule has 1 aliphatic heterocycles. The first-order valence-electron chi connectivity index (χ1n) is 14.3. The molecule has 1 saturated heterocycles. The molecule has 3 heterocycles. The van der Waals surface area contributed by atoms with Crippen molar-refractivity contribution in [3.05, 3.63) is 41.9 Å². The molecule has 5 rings (SSSR count). The Hall–Kier alpha value is -2.89. The number of hydrogen-bond donors (Lipinski definition) is 3. The van der Waals surface area contributed by atoms with Crippen molar-refractivity contribution in [3.8, 4) is 5.75 Å². The van der Waals surface area contributed by atoms with E-state index in [1.807, 2.05) is 0 Å². The maximum Gasteiger partial charge on any atom is 0.459 e. The van der Waals surface area contributed by atoms with Crippen molar-refractivity contribution in [2.45, 2.75) is 75.7 Å². The van der Waals surface area contributed by atoms with Crippen molar-refractivity contribution in [1.82, 2.24) is 24.6 Å². The summed E-state index contributed by atoms with van der Waals surface area (Å²) in [5, 5.41) is 25.7. The smallest absolute Gasteiger partial charge is 0.459 e. The van der Waals surface area contributed by atoms with Gasteiger partial charge in [-0.25, -0.2) is 27.9 Å². The van der Waals surface area contributed by atoms with Gasteiger partial charge in [0.2, 0.25) is 10.0 Å². The van der Waals surface area contributed by atoms with Crippen LogP contribution in [0.15, 0.2) is 36.9 Å². The van der Waals surface area contributed by atoms with E-state index in [2.05, 4.69) is 20.0 Å². The number of esters is 1. The molecule has 46 heavy (non-hydrogen) atoms. The van der Waals surface area contributed by atoms with E-state index in [0.717, 1.165) is 16.9 Å². The number of carbonyl (C=O) groups excluding carboxylic acids is 1. The molecule has 2 aromatic heterocycles. The number of nitrogens with zero attached hydrogens (tertiary/aromatic N) is 5. The van der Waals surface area contributed by atoms with Crippen molar-refractivity contribution in [2.24, 2.45) is 0 Å². The monoisotopic (exact) mass is 702 g/mol. The van der Waals surface area contributed by atoms with Gasteiger partial charge in [0.15, 0.2) is 23.2 Å². The number of benzene rings is 1. The Morgan fingerprint density at radius 1 is 1.26 bits per heavy atom. The van der Waals surface area contributed by atoms with Crippen LogP contribution in [0.5, 0.6) is 5.75 Å². The molecule has 19 heteroatoms. The van der Waals surface area contributed by atoms with Gasteiger partial charge < -0.3 is 24.2 Å². The van der Waals surface area contributed by atoms with E-state index < -0.39 is 66.0 Å². The summed E-state index contributed by atoms with van der Waals surface area (Å²) < 4.78 is 63.9. The van der Waals surface area contributed by atoms with Crippen LogP contribution in [0.1, 0.15) is 46.3 Å². The topological polar surface area (TPSA) is 205 Å². The van der Waals surface area contributed by atoms with Gasteiger partial charge in [0.05, 0.1) is 25.3 Å². The fourth-order valence-corrected chi connectivity index (χ4v) is 7.46. The van der Waals surface area contributed by atoms with Gasteiger partial charge in [0, 0.05) is 12.1 Å². The summed E-state index contributed by atoms with van der Waals surface area (Å²) in [6.07, 6.45) is 0.161. The number of anilines is 1. The molecule has 1 aromatic carbocycles. The lowest BCUT2D eigenvalue weighted by Gasteiger charge is -2.41. The minimum Gasteiger partial charge on any atom is -0.462 e. The SMILES string of the molecule is CC(C)OC(=O)C1(NP(=O)(OCC2OC(n3cnc4c(N(C)S(C)(=O)=O)ncnc43)[C@](C)(O)[C@@H]2O)Oc2ccc(Cl)cc2)CCC1. The van der Waals surface area contributed by atoms with Crippen molar-refractivity contribution in [1.29, 1.82) is 0 Å². The highest BCUT2D eigenvalue weighted by Gasteiger charge is 2.56. The molecule has 0 bridgehead atoms. The second kappa shape index (κ2) is 12.6. The van der Waals surface area contributed by atoms with Gasteiger partial charge in [-0.05, 0) is 64.3 Å². The summed E-state index contributed by atoms with van der Waals surface area (Å²) in [6.45, 7) is 4.18. The maximum absolute atomic E-state index is 14.3. The number of carbonyl (C=O) groups is 1. The van der Waals surface area contributed by atoms with Crippen molar-refractivity contribution in [3.63, 3.8) is 0 Å². The van der Waals surface area contributed by atoms with Crippen LogP contribution in [0.2, 0.25) is 5.02 Å². The van der Waals surface area contributed by atoms with Gasteiger partial charge in [0.25, 0.3) is 0 Å². The number of nitrogens with one attached hydrogen (secondary N) is 1. The van der Waals surface area contributed by atoms with Gasteiger partial charge in [0.1, 0.15) is 35.4 Å². The minimum absolute atomic E-state index is 0.00315. The Kier molecular flexibility index (Phi) is 9.45. The number of ether oxygens (including phenoxy) is 2. The van der Waals surface area contributed by atoms with Crippen molar-refractivity contribution < 1.29 is 46.5 Å². The third-order valence-corrected chi connectivity index (χ3v) is 10.9. The molecule has 3 N–H and O–H groups in total. The van der Waals surface area contributed by atoms with Crippen LogP contribution < -0.4 is 13.9 Å². The van der Waals surface area contributed by atoms with Crippen LogP contribution in [-0.2, 0) is 33.4 Å². The van der Waals surface area contributed by atoms with E-state index in [0.29, 0.717) is 24.3 Å². The largest absolute Gasteiger partial charge is 0.462 e. The summed E-state index contributed by atoms with van der Waals surface area (Å²) in [7, 11) is -6.76. The molecule has 0 amide bonds. The molecular weight excluding hydrogens is 667 g/mol.